The van der Waals surface area contributed by atoms with Crippen LogP contribution in [-0.2, 0) is 24.4 Å². The van der Waals surface area contributed by atoms with E-state index in [4.69, 9.17) is 15.7 Å². The second-order valence-electron chi connectivity index (χ2n) is 6.79. The van der Waals surface area contributed by atoms with E-state index in [1.165, 1.54) is 11.7 Å². The zero-order valence-corrected chi connectivity index (χ0v) is 16.7. The van der Waals surface area contributed by atoms with Crippen LogP contribution in [0.4, 0.5) is 11.5 Å². The summed E-state index contributed by atoms with van der Waals surface area (Å²) in [4.78, 5) is 29.2. The second-order valence-corrected chi connectivity index (χ2v) is 6.79. The molecule has 1 heterocycles. The molecule has 8 nitrogen and oxygen atoms in total. The Bertz CT molecular complexity index is 1140. The number of methoxy groups -OCH3 is 1. The summed E-state index contributed by atoms with van der Waals surface area (Å²) in [5, 5.41) is 9.02. The lowest BCUT2D eigenvalue weighted by Crippen LogP contribution is -2.38. The molecular formula is C22H23N5O3. The summed E-state index contributed by atoms with van der Waals surface area (Å²) >= 11 is 0. The highest BCUT2D eigenvalue weighted by molar-refractivity contribution is 5.63. The van der Waals surface area contributed by atoms with E-state index in [0.29, 0.717) is 18.7 Å². The van der Waals surface area contributed by atoms with Gasteiger partial charge >= 0.3 is 5.69 Å². The molecule has 0 aliphatic heterocycles. The van der Waals surface area contributed by atoms with Gasteiger partial charge in [-0.05, 0) is 23.3 Å². The fraction of sp³-hybridized carbons (Fsp3) is 0.227. The van der Waals surface area contributed by atoms with Crippen LogP contribution in [0.1, 0.15) is 16.7 Å². The minimum Gasteiger partial charge on any atom is -0.383 e. The van der Waals surface area contributed by atoms with Gasteiger partial charge in [-0.25, -0.2) is 4.79 Å². The molecule has 0 saturated heterocycles. The summed E-state index contributed by atoms with van der Waals surface area (Å²) in [6.07, 6.45) is 0. The molecule has 0 saturated carbocycles. The lowest BCUT2D eigenvalue weighted by molar-refractivity contribution is 0.186. The van der Waals surface area contributed by atoms with Crippen LogP contribution >= 0.6 is 0 Å². The Kier molecular flexibility index (Phi) is 6.67. The third-order valence-electron chi connectivity index (χ3n) is 4.72. The van der Waals surface area contributed by atoms with Gasteiger partial charge in [0, 0.05) is 20.2 Å². The van der Waals surface area contributed by atoms with Crippen molar-refractivity contribution in [2.75, 3.05) is 24.4 Å². The van der Waals surface area contributed by atoms with Crippen LogP contribution in [0, 0.1) is 11.3 Å². The summed E-state index contributed by atoms with van der Waals surface area (Å²) < 4.78 is 6.35. The predicted molar refractivity (Wildman–Crippen MR) is 115 cm³/mol. The molecule has 2 aromatic carbocycles. The van der Waals surface area contributed by atoms with Crippen molar-refractivity contribution < 1.29 is 4.74 Å². The smallest absolute Gasteiger partial charge is 0.330 e. The summed E-state index contributed by atoms with van der Waals surface area (Å²) in [6.45, 7) is 1.29. The molecule has 0 atom stereocenters. The number of nitrogens with zero attached hydrogens (tertiary/aromatic N) is 3. The first-order chi connectivity index (χ1) is 14.5. The zero-order valence-electron chi connectivity index (χ0n) is 16.7. The van der Waals surface area contributed by atoms with Gasteiger partial charge in [-0.1, -0.05) is 42.5 Å². The third kappa shape index (κ3) is 4.77. The largest absolute Gasteiger partial charge is 0.383 e. The molecule has 0 aliphatic carbocycles. The predicted octanol–water partition coefficient (Wildman–Crippen LogP) is 1.84. The van der Waals surface area contributed by atoms with Gasteiger partial charge in [0.05, 0.1) is 24.8 Å². The van der Waals surface area contributed by atoms with Crippen molar-refractivity contribution in [3.05, 3.63) is 92.1 Å². The van der Waals surface area contributed by atoms with Crippen molar-refractivity contribution >= 4 is 11.5 Å². The Balaban J connectivity index is 2.05. The van der Waals surface area contributed by atoms with E-state index in [0.717, 1.165) is 11.1 Å². The van der Waals surface area contributed by atoms with Crippen molar-refractivity contribution in [1.29, 1.82) is 5.26 Å². The third-order valence-corrected chi connectivity index (χ3v) is 4.72. The number of benzene rings is 2. The number of nitrogens with two attached hydrogens (primary N) is 1. The van der Waals surface area contributed by atoms with E-state index in [1.54, 1.807) is 12.1 Å². The van der Waals surface area contributed by atoms with Crippen LogP contribution in [0.5, 0.6) is 0 Å². The highest BCUT2D eigenvalue weighted by atomic mass is 16.5. The van der Waals surface area contributed by atoms with E-state index >= 15 is 0 Å². The topological polar surface area (TPSA) is 117 Å². The average Bonchev–Trinajstić information content (AvgIpc) is 2.74. The summed E-state index contributed by atoms with van der Waals surface area (Å²) in [5.41, 5.74) is 7.83. The van der Waals surface area contributed by atoms with Crippen LogP contribution < -0.4 is 21.9 Å². The number of hydrogen-bond donors (Lipinski definition) is 2. The van der Waals surface area contributed by atoms with Gasteiger partial charge in [0.15, 0.2) is 0 Å². The minimum atomic E-state index is -0.573. The van der Waals surface area contributed by atoms with Gasteiger partial charge in [0.25, 0.3) is 5.56 Å². The summed E-state index contributed by atoms with van der Waals surface area (Å²) in [6, 6.07) is 18.9. The number of ether oxygens (including phenoxy) is 1. The quantitative estimate of drug-likeness (QED) is 0.591. The minimum absolute atomic E-state index is 0.0883. The molecule has 0 fully saturated rings. The first kappa shape index (κ1) is 20.9. The molecule has 3 aromatic rings. The molecule has 0 aliphatic rings. The van der Waals surface area contributed by atoms with Crippen molar-refractivity contribution in [2.24, 2.45) is 0 Å². The number of nitrogen functional groups attached to an aromatic ring is 1. The fourth-order valence-corrected chi connectivity index (χ4v) is 3.21. The molecule has 8 heteroatoms. The molecule has 3 N–H and O–H groups in total. The second kappa shape index (κ2) is 9.58. The first-order valence-electron chi connectivity index (χ1n) is 9.43. The van der Waals surface area contributed by atoms with Gasteiger partial charge in [0.2, 0.25) is 0 Å². The molecular weight excluding hydrogens is 382 g/mol. The van der Waals surface area contributed by atoms with Crippen LogP contribution in [0.25, 0.3) is 0 Å². The van der Waals surface area contributed by atoms with Gasteiger partial charge in [0.1, 0.15) is 11.5 Å². The number of rotatable bonds is 8. The first-order valence-corrected chi connectivity index (χ1v) is 9.43. The molecule has 0 bridgehead atoms. The Hall–Kier alpha value is -3.83. The van der Waals surface area contributed by atoms with Crippen LogP contribution in [-0.4, -0.2) is 23.3 Å². The average molecular weight is 405 g/mol. The van der Waals surface area contributed by atoms with E-state index < -0.39 is 11.2 Å². The van der Waals surface area contributed by atoms with E-state index in [1.807, 2.05) is 47.4 Å². The van der Waals surface area contributed by atoms with Gasteiger partial charge in [-0.3, -0.25) is 14.3 Å². The van der Waals surface area contributed by atoms with E-state index in [-0.39, 0.29) is 24.7 Å². The Labute approximate surface area is 173 Å². The highest BCUT2D eigenvalue weighted by Gasteiger charge is 2.19. The monoisotopic (exact) mass is 405 g/mol. The lowest BCUT2D eigenvalue weighted by Gasteiger charge is -2.26. The van der Waals surface area contributed by atoms with Crippen LogP contribution in [0.2, 0.25) is 0 Å². The molecule has 154 valence electrons. The Morgan fingerprint density at radius 3 is 2.30 bits per heavy atom. The Morgan fingerprint density at radius 2 is 1.70 bits per heavy atom. The summed E-state index contributed by atoms with van der Waals surface area (Å²) in [7, 11) is 1.53. The molecule has 0 spiro atoms. The van der Waals surface area contributed by atoms with Gasteiger partial charge in [-0.2, -0.15) is 5.26 Å². The van der Waals surface area contributed by atoms with Crippen molar-refractivity contribution in [3.8, 4) is 6.07 Å². The molecule has 0 amide bonds. The number of nitriles is 1. The van der Waals surface area contributed by atoms with Crippen molar-refractivity contribution in [2.45, 2.75) is 19.6 Å². The maximum atomic E-state index is 12.7. The number of hydrogen-bond acceptors (Lipinski definition) is 6. The van der Waals surface area contributed by atoms with Crippen molar-refractivity contribution in [3.63, 3.8) is 0 Å². The van der Waals surface area contributed by atoms with Gasteiger partial charge < -0.3 is 15.4 Å². The van der Waals surface area contributed by atoms with Gasteiger partial charge in [-0.15, -0.1) is 0 Å². The van der Waals surface area contributed by atoms with Crippen molar-refractivity contribution in [1.82, 2.24) is 9.55 Å². The zero-order chi connectivity index (χ0) is 21.5. The summed E-state index contributed by atoms with van der Waals surface area (Å²) in [5.74, 6) is 0.0883. The van der Waals surface area contributed by atoms with E-state index in [2.05, 4.69) is 11.1 Å². The van der Waals surface area contributed by atoms with Crippen LogP contribution in [0.15, 0.2) is 64.2 Å². The normalized spacial score (nSPS) is 10.5. The number of aromatic amines is 1. The number of aromatic nitrogens is 2. The Morgan fingerprint density at radius 1 is 1.07 bits per heavy atom. The lowest BCUT2D eigenvalue weighted by atomic mass is 10.1. The SMILES string of the molecule is COCCn1c(N)c(N(Cc2ccccc2)Cc2ccc(C#N)cc2)c(=O)[nH]c1=O. The molecule has 3 rings (SSSR count). The number of nitrogens with one attached hydrogen (secondary N) is 1. The fourth-order valence-electron chi connectivity index (χ4n) is 3.21. The molecule has 1 aromatic heterocycles. The maximum absolute atomic E-state index is 12.7. The number of anilines is 2. The highest BCUT2D eigenvalue weighted by Crippen LogP contribution is 2.22. The van der Waals surface area contributed by atoms with E-state index in [9.17, 15) is 9.59 Å². The maximum Gasteiger partial charge on any atom is 0.330 e. The van der Waals surface area contributed by atoms with Crippen LogP contribution in [0.3, 0.4) is 0 Å². The standard InChI is InChI=1S/C22H23N5O3/c1-30-12-11-27-20(24)19(21(28)25-22(27)29)26(14-17-5-3-2-4-6-17)15-18-9-7-16(13-23)8-10-18/h2-10H,11-12,14-15,24H2,1H3,(H,25,28,29). The number of H-pyrrole nitrogens is 1. The molecule has 0 radical (unpaired) electrons. The molecule has 30 heavy (non-hydrogen) atoms. The molecule has 0 unspecified atom stereocenters.